The quantitative estimate of drug-likeness (QED) is 0.472. The molecule has 8 heteroatoms. The van der Waals surface area contributed by atoms with Crippen molar-refractivity contribution in [3.8, 4) is 0 Å². The standard InChI is InChI=1S/C11H10N2O6/c1-6-2-3-7(9(4-6)13(18)19)12-8(11(16)17)5-10(14)15/h2-4H,5H2,1H3,(H,14,15)(H,16,17). The second-order valence-electron chi connectivity index (χ2n) is 3.68. The van der Waals surface area contributed by atoms with Gasteiger partial charge in [0.25, 0.3) is 5.69 Å². The van der Waals surface area contributed by atoms with Crippen molar-refractivity contribution in [3.63, 3.8) is 0 Å². The average Bonchev–Trinajstić information content (AvgIpc) is 2.29. The van der Waals surface area contributed by atoms with E-state index in [9.17, 15) is 19.7 Å². The Labute approximate surface area is 107 Å². The number of hydrogen-bond donors (Lipinski definition) is 2. The van der Waals surface area contributed by atoms with Crippen molar-refractivity contribution in [2.24, 2.45) is 4.99 Å². The Kier molecular flexibility index (Phi) is 4.30. The van der Waals surface area contributed by atoms with Gasteiger partial charge in [-0.1, -0.05) is 6.07 Å². The molecule has 0 spiro atoms. The molecule has 0 heterocycles. The lowest BCUT2D eigenvalue weighted by Crippen LogP contribution is -2.17. The number of benzene rings is 1. The monoisotopic (exact) mass is 266 g/mol. The van der Waals surface area contributed by atoms with Gasteiger partial charge in [-0.15, -0.1) is 0 Å². The van der Waals surface area contributed by atoms with Gasteiger partial charge in [0.2, 0.25) is 0 Å². The van der Waals surface area contributed by atoms with E-state index in [0.717, 1.165) is 0 Å². The summed E-state index contributed by atoms with van der Waals surface area (Å²) in [5, 5.41) is 28.2. The van der Waals surface area contributed by atoms with Crippen LogP contribution >= 0.6 is 0 Å². The van der Waals surface area contributed by atoms with Crippen LogP contribution in [0, 0.1) is 17.0 Å². The molecule has 1 aromatic carbocycles. The Hall–Kier alpha value is -2.77. The van der Waals surface area contributed by atoms with Crippen LogP contribution in [0.3, 0.4) is 0 Å². The number of nitro groups is 1. The number of hydrogen-bond acceptors (Lipinski definition) is 5. The zero-order valence-electron chi connectivity index (χ0n) is 9.86. The molecule has 0 fully saturated rings. The van der Waals surface area contributed by atoms with Gasteiger partial charge in [0.05, 0.1) is 11.3 Å². The molecule has 1 rings (SSSR count). The minimum Gasteiger partial charge on any atom is -0.481 e. The molecule has 0 radical (unpaired) electrons. The van der Waals surface area contributed by atoms with E-state index in [0.29, 0.717) is 5.56 Å². The van der Waals surface area contributed by atoms with Gasteiger partial charge in [0, 0.05) is 6.07 Å². The molecule has 0 aliphatic heterocycles. The van der Waals surface area contributed by atoms with Gasteiger partial charge in [-0.3, -0.25) is 14.9 Å². The fourth-order valence-corrected chi connectivity index (χ4v) is 1.33. The highest BCUT2D eigenvalue weighted by atomic mass is 16.6. The maximum atomic E-state index is 10.8. The highest BCUT2D eigenvalue weighted by Gasteiger charge is 2.18. The Morgan fingerprint density at radius 1 is 1.37 bits per heavy atom. The SMILES string of the molecule is Cc1ccc(N=C(CC(=O)O)C(=O)O)c([N+](=O)[O-])c1. The molecule has 100 valence electrons. The van der Waals surface area contributed by atoms with Gasteiger partial charge >= 0.3 is 11.9 Å². The van der Waals surface area contributed by atoms with E-state index in [4.69, 9.17) is 10.2 Å². The number of aliphatic carboxylic acids is 2. The summed E-state index contributed by atoms with van der Waals surface area (Å²) in [6.07, 6.45) is -0.819. The number of aryl methyl sites for hydroxylation is 1. The molecule has 0 bridgehead atoms. The van der Waals surface area contributed by atoms with Crippen molar-refractivity contribution in [1.82, 2.24) is 0 Å². The number of nitrogens with zero attached hydrogens (tertiary/aromatic N) is 2. The van der Waals surface area contributed by atoms with Crippen LogP contribution < -0.4 is 0 Å². The third-order valence-electron chi connectivity index (χ3n) is 2.15. The van der Waals surface area contributed by atoms with Crippen LogP contribution in [0.1, 0.15) is 12.0 Å². The number of carboxylic acids is 2. The number of nitro benzene ring substituents is 1. The summed E-state index contributed by atoms with van der Waals surface area (Å²) < 4.78 is 0. The number of carbonyl (C=O) groups is 2. The van der Waals surface area contributed by atoms with E-state index in [-0.39, 0.29) is 11.4 Å². The molecular weight excluding hydrogens is 256 g/mol. The Balaban J connectivity index is 3.31. The van der Waals surface area contributed by atoms with Crippen molar-refractivity contribution >= 4 is 29.0 Å². The lowest BCUT2D eigenvalue weighted by atomic mass is 10.2. The highest BCUT2D eigenvalue weighted by molar-refractivity contribution is 6.39. The highest BCUT2D eigenvalue weighted by Crippen LogP contribution is 2.28. The van der Waals surface area contributed by atoms with Crippen molar-refractivity contribution in [1.29, 1.82) is 0 Å². The van der Waals surface area contributed by atoms with Crippen molar-refractivity contribution in [2.45, 2.75) is 13.3 Å². The molecule has 1 aromatic rings. The summed E-state index contributed by atoms with van der Waals surface area (Å²) in [6.45, 7) is 1.63. The predicted octanol–water partition coefficient (Wildman–Crippen LogP) is 1.54. The summed E-state index contributed by atoms with van der Waals surface area (Å²) in [7, 11) is 0. The van der Waals surface area contributed by atoms with Gasteiger partial charge in [0.15, 0.2) is 0 Å². The van der Waals surface area contributed by atoms with Crippen LogP contribution in [0.5, 0.6) is 0 Å². The van der Waals surface area contributed by atoms with Gasteiger partial charge in [-0.2, -0.15) is 0 Å². The first-order chi connectivity index (χ1) is 8.81. The predicted molar refractivity (Wildman–Crippen MR) is 64.8 cm³/mol. The summed E-state index contributed by atoms with van der Waals surface area (Å²) in [5.74, 6) is -2.91. The first-order valence-corrected chi connectivity index (χ1v) is 5.09. The summed E-state index contributed by atoms with van der Waals surface area (Å²) in [5.41, 5.74) is -0.612. The number of carboxylic acid groups (broad SMARTS) is 2. The first-order valence-electron chi connectivity index (χ1n) is 5.09. The molecule has 0 unspecified atom stereocenters. The Bertz CT molecular complexity index is 579. The van der Waals surface area contributed by atoms with E-state index in [2.05, 4.69) is 4.99 Å². The van der Waals surface area contributed by atoms with E-state index in [1.165, 1.54) is 18.2 Å². The van der Waals surface area contributed by atoms with Gasteiger partial charge in [0.1, 0.15) is 11.4 Å². The smallest absolute Gasteiger partial charge is 0.350 e. The van der Waals surface area contributed by atoms with E-state index in [1.54, 1.807) is 6.92 Å². The van der Waals surface area contributed by atoms with Crippen LogP contribution in [0.4, 0.5) is 11.4 Å². The third-order valence-corrected chi connectivity index (χ3v) is 2.15. The minimum absolute atomic E-state index is 0.186. The zero-order chi connectivity index (χ0) is 14.6. The zero-order valence-corrected chi connectivity index (χ0v) is 9.86. The molecular formula is C11H10N2O6. The van der Waals surface area contributed by atoms with E-state index in [1.807, 2.05) is 0 Å². The molecule has 0 atom stereocenters. The number of aliphatic imine (C=N–C) groups is 1. The molecule has 0 amide bonds. The molecule has 2 N–H and O–H groups in total. The Morgan fingerprint density at radius 2 is 2.00 bits per heavy atom. The third kappa shape index (κ3) is 3.87. The Morgan fingerprint density at radius 3 is 2.47 bits per heavy atom. The molecule has 0 aromatic heterocycles. The maximum Gasteiger partial charge on any atom is 0.350 e. The summed E-state index contributed by atoms with van der Waals surface area (Å²) >= 11 is 0. The fourth-order valence-electron chi connectivity index (χ4n) is 1.33. The molecule has 19 heavy (non-hydrogen) atoms. The van der Waals surface area contributed by atoms with Gasteiger partial charge < -0.3 is 10.2 Å². The lowest BCUT2D eigenvalue weighted by molar-refractivity contribution is -0.384. The molecule has 0 saturated heterocycles. The van der Waals surface area contributed by atoms with Crippen molar-refractivity contribution in [2.75, 3.05) is 0 Å². The van der Waals surface area contributed by atoms with Gasteiger partial charge in [-0.05, 0) is 18.6 Å². The normalized spacial score (nSPS) is 11.1. The van der Waals surface area contributed by atoms with Crippen molar-refractivity contribution < 1.29 is 24.7 Å². The van der Waals surface area contributed by atoms with E-state index < -0.39 is 29.0 Å². The van der Waals surface area contributed by atoms with Crippen LogP contribution in [0.15, 0.2) is 23.2 Å². The number of rotatable bonds is 5. The maximum absolute atomic E-state index is 10.8. The summed E-state index contributed by atoms with van der Waals surface area (Å²) in [6, 6.07) is 4.03. The average molecular weight is 266 g/mol. The topological polar surface area (TPSA) is 130 Å². The molecule has 0 aliphatic carbocycles. The minimum atomic E-state index is -1.53. The van der Waals surface area contributed by atoms with Gasteiger partial charge in [-0.25, -0.2) is 9.79 Å². The summed E-state index contributed by atoms with van der Waals surface area (Å²) in [4.78, 5) is 35.0. The second-order valence-corrected chi connectivity index (χ2v) is 3.68. The van der Waals surface area contributed by atoms with Crippen molar-refractivity contribution in [3.05, 3.63) is 33.9 Å². The lowest BCUT2D eigenvalue weighted by Gasteiger charge is -2.01. The van der Waals surface area contributed by atoms with Crippen LogP contribution in [-0.4, -0.2) is 32.8 Å². The van der Waals surface area contributed by atoms with Crippen LogP contribution in [-0.2, 0) is 9.59 Å². The van der Waals surface area contributed by atoms with Crippen LogP contribution in [0.2, 0.25) is 0 Å². The van der Waals surface area contributed by atoms with E-state index >= 15 is 0 Å². The second kappa shape index (κ2) is 5.71. The first kappa shape index (κ1) is 14.3. The molecule has 0 aliphatic rings. The largest absolute Gasteiger partial charge is 0.481 e. The molecule has 8 nitrogen and oxygen atoms in total. The molecule has 0 saturated carbocycles. The van der Waals surface area contributed by atoms with Crippen LogP contribution in [0.25, 0.3) is 0 Å². The fraction of sp³-hybridized carbons (Fsp3) is 0.182.